The zero-order valence-corrected chi connectivity index (χ0v) is 11.5. The minimum absolute atomic E-state index is 0.109. The molecule has 0 saturated heterocycles. The van der Waals surface area contributed by atoms with Crippen molar-refractivity contribution in [3.63, 3.8) is 0 Å². The highest BCUT2D eigenvalue weighted by molar-refractivity contribution is 5.38. The molecule has 2 N–H and O–H groups in total. The second-order valence-corrected chi connectivity index (χ2v) is 5.47. The average molecular weight is 235 g/mol. The highest BCUT2D eigenvalue weighted by atomic mass is 16.5. The summed E-state index contributed by atoms with van der Waals surface area (Å²) in [6.45, 7) is 9.44. The Kier molecular flexibility index (Phi) is 5.01. The molecule has 2 heteroatoms. The molecule has 0 bridgehead atoms. The van der Waals surface area contributed by atoms with Gasteiger partial charge in [-0.1, -0.05) is 45.9 Å². The van der Waals surface area contributed by atoms with E-state index in [1.807, 2.05) is 6.07 Å². The molecule has 0 aliphatic heterocycles. The third-order valence-electron chi connectivity index (χ3n) is 2.93. The predicted octanol–water partition coefficient (Wildman–Crippen LogP) is 3.49. The molecular formula is C15H25NO. The second kappa shape index (κ2) is 6.06. The zero-order valence-electron chi connectivity index (χ0n) is 11.5. The molecule has 1 atom stereocenters. The first-order valence-corrected chi connectivity index (χ1v) is 6.45. The predicted molar refractivity (Wildman–Crippen MR) is 73.5 cm³/mol. The van der Waals surface area contributed by atoms with Gasteiger partial charge < -0.3 is 10.5 Å². The van der Waals surface area contributed by atoms with Crippen LogP contribution in [-0.2, 0) is 5.41 Å². The van der Waals surface area contributed by atoms with Crippen LogP contribution in [0.15, 0.2) is 24.3 Å². The van der Waals surface area contributed by atoms with Gasteiger partial charge in [0.1, 0.15) is 5.75 Å². The van der Waals surface area contributed by atoms with Crippen molar-refractivity contribution in [1.82, 2.24) is 0 Å². The Morgan fingerprint density at radius 2 is 1.88 bits per heavy atom. The minimum atomic E-state index is 0.109. The van der Waals surface area contributed by atoms with Gasteiger partial charge in [-0.2, -0.15) is 0 Å². The molecule has 2 nitrogen and oxygen atoms in total. The van der Waals surface area contributed by atoms with E-state index in [2.05, 4.69) is 45.9 Å². The highest BCUT2D eigenvalue weighted by Crippen LogP contribution is 2.31. The van der Waals surface area contributed by atoms with Gasteiger partial charge in [0.15, 0.2) is 0 Å². The largest absolute Gasteiger partial charge is 0.490 e. The van der Waals surface area contributed by atoms with E-state index in [1.54, 1.807) is 0 Å². The fourth-order valence-corrected chi connectivity index (χ4v) is 1.90. The molecule has 0 spiro atoms. The summed E-state index contributed by atoms with van der Waals surface area (Å²) in [5.41, 5.74) is 6.97. The number of hydrogen-bond donors (Lipinski definition) is 1. The van der Waals surface area contributed by atoms with Crippen molar-refractivity contribution in [3.8, 4) is 5.75 Å². The summed E-state index contributed by atoms with van der Waals surface area (Å²) < 4.78 is 6.08. The summed E-state index contributed by atoms with van der Waals surface area (Å²) in [6.07, 6.45) is 2.13. The van der Waals surface area contributed by atoms with Crippen molar-refractivity contribution in [2.24, 2.45) is 5.73 Å². The molecule has 0 aliphatic rings. The van der Waals surface area contributed by atoms with Crippen LogP contribution in [0.2, 0.25) is 0 Å². The quantitative estimate of drug-likeness (QED) is 0.848. The first-order chi connectivity index (χ1) is 7.99. The topological polar surface area (TPSA) is 35.2 Å². The third-order valence-corrected chi connectivity index (χ3v) is 2.93. The van der Waals surface area contributed by atoms with E-state index < -0.39 is 0 Å². The molecule has 0 aromatic heterocycles. The summed E-state index contributed by atoms with van der Waals surface area (Å²) in [5.74, 6) is 1.00. The number of hydrogen-bond acceptors (Lipinski definition) is 2. The van der Waals surface area contributed by atoms with Crippen LogP contribution in [0.4, 0.5) is 0 Å². The Bertz CT molecular complexity index is 341. The molecule has 0 fully saturated rings. The maximum absolute atomic E-state index is 6.08. The number of para-hydroxylation sites is 1. The Morgan fingerprint density at radius 3 is 2.41 bits per heavy atom. The van der Waals surface area contributed by atoms with Gasteiger partial charge in [0, 0.05) is 0 Å². The monoisotopic (exact) mass is 235 g/mol. The van der Waals surface area contributed by atoms with E-state index in [-0.39, 0.29) is 11.5 Å². The smallest absolute Gasteiger partial charge is 0.123 e. The SMILES string of the molecule is CCC(CCN)Oc1ccccc1C(C)(C)C. The molecule has 1 aromatic carbocycles. The van der Waals surface area contributed by atoms with E-state index in [4.69, 9.17) is 10.5 Å². The van der Waals surface area contributed by atoms with Crippen molar-refractivity contribution in [2.75, 3.05) is 6.54 Å². The first-order valence-electron chi connectivity index (χ1n) is 6.45. The lowest BCUT2D eigenvalue weighted by Crippen LogP contribution is -2.22. The van der Waals surface area contributed by atoms with Crippen LogP contribution in [0.1, 0.15) is 46.1 Å². The van der Waals surface area contributed by atoms with Gasteiger partial charge in [-0.15, -0.1) is 0 Å². The molecule has 1 unspecified atom stereocenters. The molecule has 0 radical (unpaired) electrons. The van der Waals surface area contributed by atoms with Crippen molar-refractivity contribution in [2.45, 2.75) is 52.1 Å². The maximum Gasteiger partial charge on any atom is 0.123 e. The summed E-state index contributed by atoms with van der Waals surface area (Å²) >= 11 is 0. The molecule has 0 heterocycles. The first kappa shape index (κ1) is 14.0. The van der Waals surface area contributed by atoms with Crippen LogP contribution in [0.3, 0.4) is 0 Å². The van der Waals surface area contributed by atoms with Gasteiger partial charge in [0.2, 0.25) is 0 Å². The van der Waals surface area contributed by atoms with E-state index in [1.165, 1.54) is 5.56 Å². The van der Waals surface area contributed by atoms with Crippen LogP contribution in [0, 0.1) is 0 Å². The fourth-order valence-electron chi connectivity index (χ4n) is 1.90. The Labute approximate surface area is 105 Å². The maximum atomic E-state index is 6.08. The zero-order chi connectivity index (χ0) is 12.9. The summed E-state index contributed by atoms with van der Waals surface area (Å²) in [6, 6.07) is 8.29. The Hall–Kier alpha value is -1.02. The second-order valence-electron chi connectivity index (χ2n) is 5.47. The van der Waals surface area contributed by atoms with E-state index >= 15 is 0 Å². The molecule has 96 valence electrons. The van der Waals surface area contributed by atoms with Crippen molar-refractivity contribution >= 4 is 0 Å². The van der Waals surface area contributed by atoms with Crippen LogP contribution in [0.25, 0.3) is 0 Å². The minimum Gasteiger partial charge on any atom is -0.490 e. The third kappa shape index (κ3) is 4.04. The Balaban J connectivity index is 2.90. The molecular weight excluding hydrogens is 210 g/mol. The van der Waals surface area contributed by atoms with Gasteiger partial charge in [0.05, 0.1) is 6.10 Å². The van der Waals surface area contributed by atoms with Gasteiger partial charge in [-0.3, -0.25) is 0 Å². The summed E-state index contributed by atoms with van der Waals surface area (Å²) in [7, 11) is 0. The number of ether oxygens (including phenoxy) is 1. The normalized spacial score (nSPS) is 13.5. The van der Waals surface area contributed by atoms with Crippen molar-refractivity contribution < 1.29 is 4.74 Å². The van der Waals surface area contributed by atoms with Crippen molar-refractivity contribution in [3.05, 3.63) is 29.8 Å². The molecule has 0 aliphatic carbocycles. The van der Waals surface area contributed by atoms with E-state index in [9.17, 15) is 0 Å². The van der Waals surface area contributed by atoms with Gasteiger partial charge in [-0.25, -0.2) is 0 Å². The molecule has 1 rings (SSSR count). The summed E-state index contributed by atoms with van der Waals surface area (Å²) in [4.78, 5) is 0. The lowest BCUT2D eigenvalue weighted by molar-refractivity contribution is 0.185. The van der Waals surface area contributed by atoms with Crippen LogP contribution in [0.5, 0.6) is 5.75 Å². The van der Waals surface area contributed by atoms with Crippen LogP contribution in [-0.4, -0.2) is 12.6 Å². The molecule has 17 heavy (non-hydrogen) atoms. The fraction of sp³-hybridized carbons (Fsp3) is 0.600. The molecule has 0 saturated carbocycles. The van der Waals surface area contributed by atoms with Crippen LogP contribution < -0.4 is 10.5 Å². The number of benzene rings is 1. The lowest BCUT2D eigenvalue weighted by Gasteiger charge is -2.25. The van der Waals surface area contributed by atoms with Crippen LogP contribution >= 0.6 is 0 Å². The Morgan fingerprint density at radius 1 is 1.24 bits per heavy atom. The lowest BCUT2D eigenvalue weighted by atomic mass is 9.86. The van der Waals surface area contributed by atoms with Gasteiger partial charge >= 0.3 is 0 Å². The standard InChI is InChI=1S/C15H25NO/c1-5-12(10-11-16)17-14-9-7-6-8-13(14)15(2,3)4/h6-9,12H,5,10-11,16H2,1-4H3. The molecule has 0 amide bonds. The van der Waals surface area contributed by atoms with E-state index in [0.29, 0.717) is 6.54 Å². The number of nitrogens with two attached hydrogens (primary N) is 1. The van der Waals surface area contributed by atoms with Gasteiger partial charge in [0.25, 0.3) is 0 Å². The van der Waals surface area contributed by atoms with Gasteiger partial charge in [-0.05, 0) is 36.4 Å². The average Bonchev–Trinajstić information content (AvgIpc) is 2.27. The molecule has 1 aromatic rings. The number of rotatable bonds is 5. The van der Waals surface area contributed by atoms with Crippen molar-refractivity contribution in [1.29, 1.82) is 0 Å². The highest BCUT2D eigenvalue weighted by Gasteiger charge is 2.19. The van der Waals surface area contributed by atoms with E-state index in [0.717, 1.165) is 18.6 Å². The summed E-state index contributed by atoms with van der Waals surface area (Å²) in [5, 5.41) is 0.